The maximum Gasteiger partial charge on any atom is 0.337 e. The Morgan fingerprint density at radius 2 is 1.75 bits per heavy atom. The number of carbonyl (C=O) groups excluding carboxylic acids is 1. The van der Waals surface area contributed by atoms with Gasteiger partial charge in [-0.2, -0.15) is 0 Å². The van der Waals surface area contributed by atoms with Crippen molar-refractivity contribution in [2.45, 2.75) is 17.9 Å². The number of hydrogen-bond acceptors (Lipinski definition) is 7. The summed E-state index contributed by atoms with van der Waals surface area (Å²) in [5.41, 5.74) is 0.834. The van der Waals surface area contributed by atoms with Gasteiger partial charge < -0.3 is 19.5 Å². The molecule has 0 aromatic heterocycles. The molecule has 0 fully saturated rings. The van der Waals surface area contributed by atoms with Crippen molar-refractivity contribution in [1.29, 1.82) is 0 Å². The molecule has 0 saturated carbocycles. The zero-order valence-electron chi connectivity index (χ0n) is 16.2. The number of rotatable bonds is 9. The lowest BCUT2D eigenvalue weighted by Gasteiger charge is -2.19. The zero-order valence-corrected chi connectivity index (χ0v) is 17.0. The van der Waals surface area contributed by atoms with Crippen LogP contribution < -0.4 is 14.8 Å². The van der Waals surface area contributed by atoms with Crippen LogP contribution >= 0.6 is 0 Å². The molecule has 0 amide bonds. The van der Waals surface area contributed by atoms with Crippen LogP contribution in [0, 0.1) is 0 Å². The van der Waals surface area contributed by atoms with Crippen molar-refractivity contribution < 1.29 is 27.4 Å². The Morgan fingerprint density at radius 1 is 1.07 bits per heavy atom. The van der Waals surface area contributed by atoms with E-state index in [0.29, 0.717) is 23.7 Å². The molecule has 1 atom stereocenters. The number of ether oxygens (including phenoxy) is 3. The van der Waals surface area contributed by atoms with Gasteiger partial charge in [-0.3, -0.25) is 4.72 Å². The van der Waals surface area contributed by atoms with Gasteiger partial charge in [0, 0.05) is 18.8 Å². The number of benzene rings is 2. The van der Waals surface area contributed by atoms with E-state index in [4.69, 9.17) is 14.2 Å². The smallest absolute Gasteiger partial charge is 0.337 e. The van der Waals surface area contributed by atoms with Crippen LogP contribution in [-0.2, 0) is 19.5 Å². The third-order valence-electron chi connectivity index (χ3n) is 3.85. The molecule has 28 heavy (non-hydrogen) atoms. The molecule has 152 valence electrons. The van der Waals surface area contributed by atoms with Crippen molar-refractivity contribution in [2.75, 3.05) is 38.0 Å². The first-order chi connectivity index (χ1) is 13.3. The highest BCUT2D eigenvalue weighted by molar-refractivity contribution is 7.92. The molecule has 2 aromatic rings. The van der Waals surface area contributed by atoms with Crippen LogP contribution in [0.1, 0.15) is 17.3 Å². The highest BCUT2D eigenvalue weighted by atomic mass is 32.2. The minimum Gasteiger partial charge on any atom is -0.497 e. The van der Waals surface area contributed by atoms with E-state index in [9.17, 15) is 13.2 Å². The van der Waals surface area contributed by atoms with E-state index in [2.05, 4.69) is 10.0 Å². The Balaban J connectivity index is 2.42. The number of sulfonamides is 1. The van der Waals surface area contributed by atoms with Gasteiger partial charge in [-0.05, 0) is 49.4 Å². The third kappa shape index (κ3) is 5.37. The van der Waals surface area contributed by atoms with Gasteiger partial charge in [0.1, 0.15) is 10.6 Å². The molecule has 2 rings (SSSR count). The predicted octanol–water partition coefficient (Wildman–Crippen LogP) is 2.73. The van der Waals surface area contributed by atoms with Gasteiger partial charge in [0.25, 0.3) is 10.0 Å². The van der Waals surface area contributed by atoms with E-state index in [1.165, 1.54) is 32.4 Å². The van der Waals surface area contributed by atoms with Crippen LogP contribution in [0.3, 0.4) is 0 Å². The fourth-order valence-corrected chi connectivity index (χ4v) is 3.79. The molecule has 0 heterocycles. The van der Waals surface area contributed by atoms with E-state index in [1.54, 1.807) is 31.4 Å². The predicted molar refractivity (Wildman–Crippen MR) is 107 cm³/mol. The Bertz CT molecular complexity index is 913. The fraction of sp³-hybridized carbons (Fsp3) is 0.316. The van der Waals surface area contributed by atoms with E-state index in [1.807, 2.05) is 6.92 Å². The lowest BCUT2D eigenvalue weighted by molar-refractivity contribution is 0.0600. The Kier molecular flexibility index (Phi) is 7.24. The number of carbonyl (C=O) groups is 1. The summed E-state index contributed by atoms with van der Waals surface area (Å²) < 4.78 is 43.4. The number of anilines is 2. The maximum absolute atomic E-state index is 13.0. The largest absolute Gasteiger partial charge is 0.497 e. The highest BCUT2D eigenvalue weighted by Crippen LogP contribution is 2.27. The standard InChI is InChI=1S/C19H24N2O6S/c1-13(12-25-2)20-17-10-5-14(19(22)27-4)11-18(17)28(23,24)21-15-6-8-16(26-3)9-7-15/h5-11,13,20-21H,12H2,1-4H3/t13-/m1/s1. The van der Waals surface area contributed by atoms with Gasteiger partial charge >= 0.3 is 5.97 Å². The Hall–Kier alpha value is -2.78. The fourth-order valence-electron chi connectivity index (χ4n) is 2.54. The molecule has 0 aliphatic rings. The van der Waals surface area contributed by atoms with Gasteiger partial charge in [0.15, 0.2) is 0 Å². The van der Waals surface area contributed by atoms with Crippen molar-refractivity contribution >= 4 is 27.4 Å². The summed E-state index contributed by atoms with van der Waals surface area (Å²) in [5.74, 6) is -0.0243. The number of nitrogens with one attached hydrogen (secondary N) is 2. The second kappa shape index (κ2) is 9.43. The van der Waals surface area contributed by atoms with E-state index in [-0.39, 0.29) is 16.5 Å². The van der Waals surface area contributed by atoms with Gasteiger partial charge in [0.2, 0.25) is 0 Å². The van der Waals surface area contributed by atoms with Gasteiger partial charge in [-0.25, -0.2) is 13.2 Å². The molecule has 0 unspecified atom stereocenters. The summed E-state index contributed by atoms with van der Waals surface area (Å²) in [6.45, 7) is 2.23. The average molecular weight is 408 g/mol. The average Bonchev–Trinajstić information content (AvgIpc) is 2.68. The minimum absolute atomic E-state index is 0.0748. The highest BCUT2D eigenvalue weighted by Gasteiger charge is 2.22. The van der Waals surface area contributed by atoms with Crippen LogP contribution in [-0.4, -0.2) is 48.4 Å². The van der Waals surface area contributed by atoms with E-state index in [0.717, 1.165) is 0 Å². The summed E-state index contributed by atoms with van der Waals surface area (Å²) in [6.07, 6.45) is 0. The second-order valence-electron chi connectivity index (χ2n) is 6.04. The van der Waals surface area contributed by atoms with Gasteiger partial charge in [-0.1, -0.05) is 0 Å². The molecule has 0 aliphatic carbocycles. The van der Waals surface area contributed by atoms with Crippen LogP contribution in [0.15, 0.2) is 47.4 Å². The van der Waals surface area contributed by atoms with E-state index < -0.39 is 16.0 Å². The molecule has 2 N–H and O–H groups in total. The number of hydrogen-bond donors (Lipinski definition) is 2. The first-order valence-electron chi connectivity index (χ1n) is 8.45. The Labute approximate surface area is 164 Å². The zero-order chi connectivity index (χ0) is 20.7. The molecule has 0 radical (unpaired) electrons. The molecule has 0 aliphatic heterocycles. The van der Waals surface area contributed by atoms with Crippen molar-refractivity contribution in [1.82, 2.24) is 0 Å². The van der Waals surface area contributed by atoms with Crippen LogP contribution in [0.25, 0.3) is 0 Å². The molecule has 0 bridgehead atoms. The summed E-state index contributed by atoms with van der Waals surface area (Å²) >= 11 is 0. The first kappa shape index (κ1) is 21.5. The summed E-state index contributed by atoms with van der Waals surface area (Å²) in [6, 6.07) is 10.6. The van der Waals surface area contributed by atoms with Gasteiger partial charge in [-0.15, -0.1) is 0 Å². The quantitative estimate of drug-likeness (QED) is 0.615. The molecule has 8 nitrogen and oxygen atoms in total. The first-order valence-corrected chi connectivity index (χ1v) is 9.93. The number of esters is 1. The minimum atomic E-state index is -3.99. The summed E-state index contributed by atoms with van der Waals surface area (Å²) in [4.78, 5) is 11.8. The van der Waals surface area contributed by atoms with Crippen molar-refractivity contribution in [3.8, 4) is 5.75 Å². The summed E-state index contributed by atoms with van der Waals surface area (Å²) in [5, 5.41) is 3.09. The molecule has 0 spiro atoms. The molecule has 2 aromatic carbocycles. The monoisotopic (exact) mass is 408 g/mol. The lowest BCUT2D eigenvalue weighted by Crippen LogP contribution is -2.23. The normalized spacial score (nSPS) is 12.1. The van der Waals surface area contributed by atoms with Crippen molar-refractivity contribution in [3.05, 3.63) is 48.0 Å². The van der Waals surface area contributed by atoms with Crippen LogP contribution in [0.5, 0.6) is 5.75 Å². The van der Waals surface area contributed by atoms with E-state index >= 15 is 0 Å². The molecular weight excluding hydrogens is 384 g/mol. The van der Waals surface area contributed by atoms with Gasteiger partial charge in [0.05, 0.1) is 32.1 Å². The Morgan fingerprint density at radius 3 is 2.32 bits per heavy atom. The van der Waals surface area contributed by atoms with Crippen molar-refractivity contribution in [2.24, 2.45) is 0 Å². The molecule has 0 saturated heterocycles. The SMILES string of the molecule is COC[C@@H](C)Nc1ccc(C(=O)OC)cc1S(=O)(=O)Nc1ccc(OC)cc1. The second-order valence-corrected chi connectivity index (χ2v) is 7.69. The maximum atomic E-state index is 13.0. The topological polar surface area (TPSA) is 103 Å². The van der Waals surface area contributed by atoms with Crippen LogP contribution in [0.2, 0.25) is 0 Å². The van der Waals surface area contributed by atoms with Crippen LogP contribution in [0.4, 0.5) is 11.4 Å². The molecule has 9 heteroatoms. The molecular formula is C19H24N2O6S. The van der Waals surface area contributed by atoms with Crippen molar-refractivity contribution in [3.63, 3.8) is 0 Å². The summed E-state index contributed by atoms with van der Waals surface area (Å²) in [7, 11) is 0.326. The lowest BCUT2D eigenvalue weighted by atomic mass is 10.2. The third-order valence-corrected chi connectivity index (χ3v) is 5.27. The number of methoxy groups -OCH3 is 3.